The molecule has 1 aromatic carbocycles. The standard InChI is InChI=1S/C16H18ClFN2O4S/c17-13-7-12(16(21)19-25(22,23)20-2-1-3-20)14(18)8-15(13)24-11-5-9-4-10(9)6-11/h7-11H,1-6H2,(H,19,21). The number of fused-ring (bicyclic) bond motifs is 1. The lowest BCUT2D eigenvalue weighted by Gasteiger charge is -2.29. The lowest BCUT2D eigenvalue weighted by molar-refractivity contribution is 0.0973. The van der Waals surface area contributed by atoms with Gasteiger partial charge < -0.3 is 4.74 Å². The summed E-state index contributed by atoms with van der Waals surface area (Å²) in [7, 11) is -3.94. The van der Waals surface area contributed by atoms with E-state index in [0.717, 1.165) is 35.7 Å². The molecule has 1 amide bonds. The van der Waals surface area contributed by atoms with Crippen molar-refractivity contribution < 1.29 is 22.3 Å². The molecule has 0 radical (unpaired) electrons. The SMILES string of the molecule is O=C(NS(=O)(=O)N1CCC1)c1cc(Cl)c(OC2CC3CC3C2)cc1F. The number of amides is 1. The van der Waals surface area contributed by atoms with Gasteiger partial charge in [0.2, 0.25) is 0 Å². The molecule has 6 nitrogen and oxygen atoms in total. The van der Waals surface area contributed by atoms with Crippen LogP contribution in [0, 0.1) is 17.7 Å². The average Bonchev–Trinajstić information content (AvgIpc) is 3.06. The summed E-state index contributed by atoms with van der Waals surface area (Å²) in [4.78, 5) is 12.1. The fourth-order valence-electron chi connectivity index (χ4n) is 3.49. The molecule has 3 fully saturated rings. The number of nitrogens with one attached hydrogen (secondary N) is 1. The summed E-state index contributed by atoms with van der Waals surface area (Å²) in [6.45, 7) is 0.698. The monoisotopic (exact) mass is 388 g/mol. The molecular formula is C16H18ClFN2O4S. The number of ether oxygens (including phenoxy) is 1. The molecule has 2 saturated carbocycles. The van der Waals surface area contributed by atoms with Gasteiger partial charge in [0.15, 0.2) is 0 Å². The van der Waals surface area contributed by atoms with Gasteiger partial charge in [0.1, 0.15) is 11.6 Å². The van der Waals surface area contributed by atoms with E-state index in [2.05, 4.69) is 0 Å². The molecule has 1 aromatic rings. The summed E-state index contributed by atoms with van der Waals surface area (Å²) in [6.07, 6.45) is 3.89. The van der Waals surface area contributed by atoms with Crippen LogP contribution in [-0.4, -0.2) is 37.8 Å². The van der Waals surface area contributed by atoms with Crippen LogP contribution >= 0.6 is 11.6 Å². The summed E-state index contributed by atoms with van der Waals surface area (Å²) in [5.41, 5.74) is -0.421. The zero-order chi connectivity index (χ0) is 17.8. The van der Waals surface area contributed by atoms with Gasteiger partial charge in [0, 0.05) is 19.2 Å². The molecule has 1 aliphatic heterocycles. The summed E-state index contributed by atoms with van der Waals surface area (Å²) < 4.78 is 46.9. The van der Waals surface area contributed by atoms with Gasteiger partial charge in [-0.05, 0) is 43.6 Å². The summed E-state index contributed by atoms with van der Waals surface area (Å²) in [5.74, 6) is -0.290. The second kappa shape index (κ2) is 6.10. The van der Waals surface area contributed by atoms with Gasteiger partial charge in [-0.3, -0.25) is 4.79 Å². The third-order valence-corrected chi connectivity index (χ3v) is 6.92. The van der Waals surface area contributed by atoms with Crippen molar-refractivity contribution in [1.82, 2.24) is 9.03 Å². The van der Waals surface area contributed by atoms with E-state index in [1.54, 1.807) is 0 Å². The van der Waals surface area contributed by atoms with Crippen LogP contribution in [0.4, 0.5) is 4.39 Å². The number of halogens is 2. The molecule has 0 bridgehead atoms. The van der Waals surface area contributed by atoms with Crippen molar-refractivity contribution in [3.63, 3.8) is 0 Å². The van der Waals surface area contributed by atoms with Gasteiger partial charge in [-0.15, -0.1) is 0 Å². The minimum atomic E-state index is -3.94. The topological polar surface area (TPSA) is 75.7 Å². The van der Waals surface area contributed by atoms with Crippen LogP contribution in [0.1, 0.15) is 36.0 Å². The number of carbonyl (C=O) groups excluding carboxylic acids is 1. The summed E-state index contributed by atoms with van der Waals surface area (Å²) in [5, 5.41) is 0.0912. The van der Waals surface area contributed by atoms with Crippen molar-refractivity contribution >= 4 is 27.7 Å². The van der Waals surface area contributed by atoms with Crippen molar-refractivity contribution in [1.29, 1.82) is 0 Å². The number of nitrogens with zero attached hydrogens (tertiary/aromatic N) is 1. The van der Waals surface area contributed by atoms with Gasteiger partial charge in [0.25, 0.3) is 5.91 Å². The molecule has 1 saturated heterocycles. The fraction of sp³-hybridized carbons (Fsp3) is 0.562. The molecule has 136 valence electrons. The number of rotatable bonds is 5. The van der Waals surface area contributed by atoms with E-state index >= 15 is 0 Å². The first-order valence-electron chi connectivity index (χ1n) is 8.31. The van der Waals surface area contributed by atoms with Crippen molar-refractivity contribution in [3.8, 4) is 5.75 Å². The van der Waals surface area contributed by atoms with E-state index in [0.29, 0.717) is 24.9 Å². The Morgan fingerprint density at radius 3 is 2.52 bits per heavy atom. The number of benzene rings is 1. The molecule has 1 heterocycles. The van der Waals surface area contributed by atoms with Gasteiger partial charge in [-0.25, -0.2) is 9.11 Å². The first-order valence-corrected chi connectivity index (χ1v) is 10.1. The zero-order valence-corrected chi connectivity index (χ0v) is 14.9. The van der Waals surface area contributed by atoms with Crippen LogP contribution in [0.2, 0.25) is 5.02 Å². The highest BCUT2D eigenvalue weighted by Crippen LogP contribution is 2.52. The third kappa shape index (κ3) is 3.35. The highest BCUT2D eigenvalue weighted by Gasteiger charge is 2.47. The maximum absolute atomic E-state index is 14.3. The summed E-state index contributed by atoms with van der Waals surface area (Å²) in [6, 6.07) is 2.17. The molecule has 9 heteroatoms. The molecule has 2 unspecified atom stereocenters. The molecule has 25 heavy (non-hydrogen) atoms. The molecule has 3 aliphatic rings. The first-order chi connectivity index (χ1) is 11.8. The second-order valence-corrected chi connectivity index (χ2v) is 9.00. The lowest BCUT2D eigenvalue weighted by atomic mass is 10.1. The Labute approximate surface area is 150 Å². The van der Waals surface area contributed by atoms with E-state index in [4.69, 9.17) is 16.3 Å². The molecule has 2 atom stereocenters. The smallest absolute Gasteiger partial charge is 0.304 e. The zero-order valence-electron chi connectivity index (χ0n) is 13.4. The minimum Gasteiger partial charge on any atom is -0.489 e. The third-order valence-electron chi connectivity index (χ3n) is 5.14. The van der Waals surface area contributed by atoms with Crippen LogP contribution in [0.25, 0.3) is 0 Å². The molecule has 2 aliphatic carbocycles. The number of hydrogen-bond acceptors (Lipinski definition) is 4. The maximum Gasteiger partial charge on any atom is 0.304 e. The molecule has 0 aromatic heterocycles. The van der Waals surface area contributed by atoms with E-state index in [-0.39, 0.29) is 16.9 Å². The Bertz CT molecular complexity index is 818. The highest BCUT2D eigenvalue weighted by atomic mass is 35.5. The summed E-state index contributed by atoms with van der Waals surface area (Å²) >= 11 is 6.11. The molecule has 0 spiro atoms. The quantitative estimate of drug-likeness (QED) is 0.840. The Balaban J connectivity index is 1.48. The second-order valence-electron chi connectivity index (χ2n) is 6.92. The van der Waals surface area contributed by atoms with Crippen LogP contribution in [0.5, 0.6) is 5.75 Å². The maximum atomic E-state index is 14.3. The van der Waals surface area contributed by atoms with Crippen LogP contribution in [-0.2, 0) is 10.2 Å². The normalized spacial score (nSPS) is 28.2. The Morgan fingerprint density at radius 2 is 1.92 bits per heavy atom. The van der Waals surface area contributed by atoms with E-state index < -0.39 is 27.5 Å². The van der Waals surface area contributed by atoms with Crippen molar-refractivity contribution in [2.45, 2.75) is 31.8 Å². The van der Waals surface area contributed by atoms with Gasteiger partial charge >= 0.3 is 10.2 Å². The van der Waals surface area contributed by atoms with Gasteiger partial charge in [-0.1, -0.05) is 11.6 Å². The van der Waals surface area contributed by atoms with Gasteiger partial charge in [-0.2, -0.15) is 12.7 Å². The molecule has 4 rings (SSSR count). The van der Waals surface area contributed by atoms with Crippen molar-refractivity contribution in [2.75, 3.05) is 13.1 Å². The molecule has 1 N–H and O–H groups in total. The Kier molecular flexibility index (Phi) is 4.16. The largest absolute Gasteiger partial charge is 0.489 e. The minimum absolute atomic E-state index is 0.0205. The van der Waals surface area contributed by atoms with Crippen LogP contribution in [0.15, 0.2) is 12.1 Å². The predicted octanol–water partition coefficient (Wildman–Crippen LogP) is 2.34. The first kappa shape index (κ1) is 17.1. The predicted molar refractivity (Wildman–Crippen MR) is 89.2 cm³/mol. The Hall–Kier alpha value is -1.38. The number of hydrogen-bond donors (Lipinski definition) is 1. The Morgan fingerprint density at radius 1 is 1.24 bits per heavy atom. The fourth-order valence-corrected chi connectivity index (χ4v) is 4.91. The average molecular weight is 389 g/mol. The molecular weight excluding hydrogens is 371 g/mol. The van der Waals surface area contributed by atoms with Crippen molar-refractivity contribution in [2.24, 2.45) is 11.8 Å². The van der Waals surface area contributed by atoms with E-state index in [9.17, 15) is 17.6 Å². The number of carbonyl (C=O) groups is 1. The van der Waals surface area contributed by atoms with Crippen molar-refractivity contribution in [3.05, 3.63) is 28.5 Å². The lowest BCUT2D eigenvalue weighted by Crippen LogP contribution is -2.49. The highest BCUT2D eigenvalue weighted by molar-refractivity contribution is 7.87. The van der Waals surface area contributed by atoms with Crippen LogP contribution < -0.4 is 9.46 Å². The van der Waals surface area contributed by atoms with Crippen LogP contribution in [0.3, 0.4) is 0 Å². The van der Waals surface area contributed by atoms with Gasteiger partial charge in [0.05, 0.1) is 16.7 Å². The van der Waals surface area contributed by atoms with E-state index in [1.807, 2.05) is 4.72 Å². The van der Waals surface area contributed by atoms with E-state index in [1.165, 1.54) is 6.42 Å².